The molecule has 3 amide bonds. The number of fused-ring (bicyclic) bond motifs is 1. The number of aromatic nitrogens is 2. The van der Waals surface area contributed by atoms with Crippen LogP contribution in [0.15, 0.2) is 41.4 Å². The molecule has 140 valence electrons. The van der Waals surface area contributed by atoms with Crippen molar-refractivity contribution in [3.8, 4) is 0 Å². The molecule has 4 rings (SSSR count). The average Bonchev–Trinajstić information content (AvgIpc) is 3.18. The number of nitrogens with zero attached hydrogens (tertiary/aromatic N) is 5. The number of amides is 3. The van der Waals surface area contributed by atoms with E-state index < -0.39 is 18.2 Å². The van der Waals surface area contributed by atoms with Gasteiger partial charge in [-0.3, -0.25) is 10.1 Å². The van der Waals surface area contributed by atoms with Crippen molar-refractivity contribution >= 4 is 17.9 Å². The second-order valence-corrected chi connectivity index (χ2v) is 6.96. The van der Waals surface area contributed by atoms with Gasteiger partial charge in [-0.05, 0) is 31.9 Å². The van der Waals surface area contributed by atoms with E-state index in [0.29, 0.717) is 12.5 Å². The zero-order valence-corrected chi connectivity index (χ0v) is 15.6. The lowest BCUT2D eigenvalue weighted by molar-refractivity contribution is -0.127. The normalized spacial score (nSPS) is 22.0. The highest BCUT2D eigenvalue weighted by molar-refractivity contribution is 6.04. The maximum absolute atomic E-state index is 12.6. The number of hydrogen-bond donors (Lipinski definition) is 1. The maximum atomic E-state index is 12.6. The van der Waals surface area contributed by atoms with Crippen LogP contribution >= 0.6 is 0 Å². The van der Waals surface area contributed by atoms with Gasteiger partial charge in [0.15, 0.2) is 12.2 Å². The van der Waals surface area contributed by atoms with Crippen LogP contribution in [-0.2, 0) is 11.2 Å². The Labute approximate surface area is 157 Å². The molecule has 1 saturated heterocycles. The Hall–Kier alpha value is -3.16. The van der Waals surface area contributed by atoms with Crippen molar-refractivity contribution in [1.82, 2.24) is 24.9 Å². The lowest BCUT2D eigenvalue weighted by Gasteiger charge is -2.36. The molecule has 0 spiro atoms. The number of aryl methyl sites for hydroxylation is 2. The Morgan fingerprint density at radius 3 is 2.56 bits per heavy atom. The Bertz CT molecular complexity index is 920. The molecule has 0 radical (unpaired) electrons. The number of carbonyl (C=O) groups excluding carboxylic acids is 2. The molecule has 2 aromatic rings. The standard InChI is InChI=1S/C19H22N6O2/c1-12-11-13(2)25(22-12)18-20-16-15(17(26)21-19(27)23(16)3)24(18)10-9-14-7-5-4-6-8-14/h4-8,11,15-16H,9-10H2,1-3H3,(H,21,26,27). The van der Waals surface area contributed by atoms with Gasteiger partial charge in [-0.1, -0.05) is 30.3 Å². The number of carbonyl (C=O) groups is 2. The molecule has 8 nitrogen and oxygen atoms in total. The van der Waals surface area contributed by atoms with E-state index in [1.165, 1.54) is 10.5 Å². The van der Waals surface area contributed by atoms with E-state index >= 15 is 0 Å². The van der Waals surface area contributed by atoms with Gasteiger partial charge >= 0.3 is 6.03 Å². The third-order valence-electron chi connectivity index (χ3n) is 5.02. The summed E-state index contributed by atoms with van der Waals surface area (Å²) in [6.45, 7) is 4.47. The second kappa shape index (κ2) is 6.53. The molecule has 27 heavy (non-hydrogen) atoms. The van der Waals surface area contributed by atoms with E-state index in [2.05, 4.69) is 22.5 Å². The lowest BCUT2D eigenvalue weighted by Crippen LogP contribution is -2.64. The number of urea groups is 1. The number of hydrogen-bond acceptors (Lipinski definition) is 5. The first-order valence-corrected chi connectivity index (χ1v) is 8.95. The summed E-state index contributed by atoms with van der Waals surface area (Å²) in [5.41, 5.74) is 2.99. The van der Waals surface area contributed by atoms with E-state index in [9.17, 15) is 9.59 Å². The minimum absolute atomic E-state index is 0.323. The molecule has 0 aliphatic carbocycles. The van der Waals surface area contributed by atoms with Crippen molar-refractivity contribution in [2.45, 2.75) is 32.5 Å². The van der Waals surface area contributed by atoms with Gasteiger partial charge in [0.2, 0.25) is 5.96 Å². The molecule has 0 saturated carbocycles. The van der Waals surface area contributed by atoms with E-state index in [4.69, 9.17) is 4.99 Å². The van der Waals surface area contributed by atoms with Gasteiger partial charge in [0.1, 0.15) is 0 Å². The molecule has 1 aromatic carbocycles. The molecule has 1 N–H and O–H groups in total. The summed E-state index contributed by atoms with van der Waals surface area (Å²) in [5.74, 6) is 0.277. The molecule has 2 aliphatic rings. The van der Waals surface area contributed by atoms with E-state index in [-0.39, 0.29) is 5.91 Å². The number of rotatable bonds is 3. The maximum Gasteiger partial charge on any atom is 0.325 e. The van der Waals surface area contributed by atoms with Crippen LogP contribution in [0, 0.1) is 13.8 Å². The first-order valence-electron chi connectivity index (χ1n) is 8.95. The van der Waals surface area contributed by atoms with Crippen molar-refractivity contribution in [2.75, 3.05) is 13.6 Å². The summed E-state index contributed by atoms with van der Waals surface area (Å²) < 4.78 is 1.75. The molecule has 2 unspecified atom stereocenters. The van der Waals surface area contributed by atoms with Crippen molar-refractivity contribution in [3.05, 3.63) is 53.3 Å². The van der Waals surface area contributed by atoms with Crippen molar-refractivity contribution in [3.63, 3.8) is 0 Å². The molecule has 2 aliphatic heterocycles. The zero-order valence-electron chi connectivity index (χ0n) is 15.6. The van der Waals surface area contributed by atoms with Gasteiger partial charge in [0.05, 0.1) is 5.69 Å². The molecule has 3 heterocycles. The fourth-order valence-corrected chi connectivity index (χ4v) is 3.65. The van der Waals surface area contributed by atoms with Gasteiger partial charge < -0.3 is 9.80 Å². The summed E-state index contributed by atoms with van der Waals surface area (Å²) >= 11 is 0. The van der Waals surface area contributed by atoms with Crippen LogP contribution in [0.1, 0.15) is 17.0 Å². The number of imide groups is 1. The smallest absolute Gasteiger partial charge is 0.325 e. The quantitative estimate of drug-likeness (QED) is 0.883. The molecule has 0 bridgehead atoms. The van der Waals surface area contributed by atoms with Crippen molar-refractivity contribution in [2.24, 2.45) is 4.99 Å². The predicted molar refractivity (Wildman–Crippen MR) is 100 cm³/mol. The van der Waals surface area contributed by atoms with E-state index in [0.717, 1.165) is 17.8 Å². The lowest BCUT2D eigenvalue weighted by atomic mass is 10.1. The first-order chi connectivity index (χ1) is 13.0. The number of benzene rings is 1. The van der Waals surface area contributed by atoms with Crippen LogP contribution in [0.5, 0.6) is 0 Å². The molecule has 1 fully saturated rings. The Morgan fingerprint density at radius 2 is 1.89 bits per heavy atom. The summed E-state index contributed by atoms with van der Waals surface area (Å²) in [6, 6.07) is 11.1. The van der Waals surface area contributed by atoms with Gasteiger partial charge in [-0.2, -0.15) is 5.10 Å². The van der Waals surface area contributed by atoms with Crippen LogP contribution < -0.4 is 5.32 Å². The first kappa shape index (κ1) is 17.3. The SMILES string of the molecule is Cc1cc(C)n(C2=NC3C(C(=O)NC(=O)N3C)N2CCc2ccccc2)n1. The highest BCUT2D eigenvalue weighted by Gasteiger charge is 2.49. The molecular weight excluding hydrogens is 344 g/mol. The average molecular weight is 366 g/mol. The number of aliphatic imine (C=N–C) groups is 1. The van der Waals surface area contributed by atoms with Gasteiger partial charge in [-0.15, -0.1) is 0 Å². The molecule has 8 heteroatoms. The fourth-order valence-electron chi connectivity index (χ4n) is 3.65. The minimum Gasteiger partial charge on any atom is -0.325 e. The third-order valence-corrected chi connectivity index (χ3v) is 5.02. The van der Waals surface area contributed by atoms with Gasteiger partial charge in [-0.25, -0.2) is 14.5 Å². The monoisotopic (exact) mass is 366 g/mol. The third kappa shape index (κ3) is 2.97. The van der Waals surface area contributed by atoms with Crippen LogP contribution in [0.4, 0.5) is 4.79 Å². The highest BCUT2D eigenvalue weighted by atomic mass is 16.2. The molecular formula is C19H22N6O2. The largest absolute Gasteiger partial charge is 0.325 e. The summed E-state index contributed by atoms with van der Waals surface area (Å²) in [4.78, 5) is 32.8. The highest BCUT2D eigenvalue weighted by Crippen LogP contribution is 2.25. The predicted octanol–water partition coefficient (Wildman–Crippen LogP) is 1.14. The van der Waals surface area contributed by atoms with Crippen LogP contribution in [0.3, 0.4) is 0 Å². The Morgan fingerprint density at radius 1 is 1.15 bits per heavy atom. The fraction of sp³-hybridized carbons (Fsp3) is 0.368. The van der Waals surface area contributed by atoms with E-state index in [1.807, 2.05) is 43.0 Å². The van der Waals surface area contributed by atoms with Gasteiger partial charge in [0, 0.05) is 19.3 Å². The number of likely N-dealkylation sites (N-methyl/N-ethyl adjacent to an activating group) is 1. The summed E-state index contributed by atoms with van der Waals surface area (Å²) in [6.07, 6.45) is 0.203. The van der Waals surface area contributed by atoms with Crippen molar-refractivity contribution in [1.29, 1.82) is 0 Å². The molecule has 1 aromatic heterocycles. The second-order valence-electron chi connectivity index (χ2n) is 6.96. The van der Waals surface area contributed by atoms with Crippen LogP contribution in [-0.4, -0.2) is 63.3 Å². The minimum atomic E-state index is -0.560. The van der Waals surface area contributed by atoms with Crippen LogP contribution in [0.2, 0.25) is 0 Å². The number of nitrogens with one attached hydrogen (secondary N) is 1. The van der Waals surface area contributed by atoms with Crippen LogP contribution in [0.25, 0.3) is 0 Å². The summed E-state index contributed by atoms with van der Waals surface area (Å²) in [5, 5.41) is 6.96. The summed E-state index contributed by atoms with van der Waals surface area (Å²) in [7, 11) is 1.66. The molecule has 2 atom stereocenters. The van der Waals surface area contributed by atoms with Gasteiger partial charge in [0.25, 0.3) is 5.91 Å². The van der Waals surface area contributed by atoms with Crippen molar-refractivity contribution < 1.29 is 9.59 Å². The Kier molecular flexibility index (Phi) is 4.18. The van der Waals surface area contributed by atoms with E-state index in [1.54, 1.807) is 11.7 Å². The topological polar surface area (TPSA) is 82.8 Å². The zero-order chi connectivity index (χ0) is 19.1. The Balaban J connectivity index is 1.70.